The lowest BCUT2D eigenvalue weighted by molar-refractivity contribution is 0.266. The normalized spacial score (nSPS) is 12.1. The summed E-state index contributed by atoms with van der Waals surface area (Å²) in [7, 11) is 0. The van der Waals surface area contributed by atoms with Crippen LogP contribution in [-0.2, 0) is 0 Å². The lowest BCUT2D eigenvalue weighted by Gasteiger charge is -2.13. The van der Waals surface area contributed by atoms with E-state index in [1.807, 2.05) is 36.4 Å². The van der Waals surface area contributed by atoms with Gasteiger partial charge in [-0.25, -0.2) is 0 Å². The van der Waals surface area contributed by atoms with Crippen LogP contribution in [-0.4, -0.2) is 6.61 Å². The zero-order chi connectivity index (χ0) is 10.9. The van der Waals surface area contributed by atoms with Crippen LogP contribution in [0.15, 0.2) is 43.0 Å². The van der Waals surface area contributed by atoms with E-state index in [0.29, 0.717) is 5.92 Å². The molecule has 1 aromatic rings. The van der Waals surface area contributed by atoms with Gasteiger partial charge in [0.15, 0.2) is 0 Å². The van der Waals surface area contributed by atoms with Crippen LogP contribution in [0.3, 0.4) is 0 Å². The van der Waals surface area contributed by atoms with Gasteiger partial charge in [-0.1, -0.05) is 44.0 Å². The van der Waals surface area contributed by atoms with Crippen molar-refractivity contribution in [2.24, 2.45) is 5.92 Å². The minimum atomic E-state index is 0.477. The molecule has 1 unspecified atom stereocenters. The van der Waals surface area contributed by atoms with E-state index in [1.54, 1.807) is 0 Å². The number of unbranched alkanes of at least 4 members (excludes halogenated alkanes) is 1. The number of rotatable bonds is 7. The predicted octanol–water partition coefficient (Wildman–Crippen LogP) is 4.06. The Hall–Kier alpha value is -1.24. The molecule has 0 amide bonds. The standard InChI is InChI=1S/C14H20O/c1-3-5-9-13(4-2)12-15-14-10-7-6-8-11-14/h4,6-8,10-11,13H,2-3,5,9,12H2,1H3. The second kappa shape index (κ2) is 7.10. The third kappa shape index (κ3) is 4.68. The van der Waals surface area contributed by atoms with Crippen molar-refractivity contribution in [2.75, 3.05) is 6.61 Å². The Morgan fingerprint density at radius 1 is 1.33 bits per heavy atom. The maximum absolute atomic E-state index is 5.68. The first-order chi connectivity index (χ1) is 7.36. The first kappa shape index (κ1) is 11.8. The summed E-state index contributed by atoms with van der Waals surface area (Å²) in [6.45, 7) is 6.80. The lowest BCUT2D eigenvalue weighted by Crippen LogP contribution is -2.09. The Labute approximate surface area is 92.8 Å². The van der Waals surface area contributed by atoms with Gasteiger partial charge in [-0.15, -0.1) is 6.58 Å². The van der Waals surface area contributed by atoms with Gasteiger partial charge in [0.25, 0.3) is 0 Å². The highest BCUT2D eigenvalue weighted by Crippen LogP contribution is 2.14. The largest absolute Gasteiger partial charge is 0.493 e. The fourth-order valence-electron chi connectivity index (χ4n) is 1.46. The third-order valence-corrected chi connectivity index (χ3v) is 2.47. The minimum absolute atomic E-state index is 0.477. The summed E-state index contributed by atoms with van der Waals surface area (Å²) in [6.07, 6.45) is 5.65. The van der Waals surface area contributed by atoms with Crippen LogP contribution in [0.25, 0.3) is 0 Å². The molecule has 1 atom stereocenters. The summed E-state index contributed by atoms with van der Waals surface area (Å²) in [5, 5.41) is 0. The van der Waals surface area contributed by atoms with Crippen LogP contribution in [0.1, 0.15) is 26.2 Å². The molecule has 0 aliphatic heterocycles. The molecular formula is C14H20O. The molecule has 0 saturated heterocycles. The smallest absolute Gasteiger partial charge is 0.119 e. The summed E-state index contributed by atoms with van der Waals surface area (Å²) in [5.74, 6) is 1.42. The average molecular weight is 204 g/mol. The Morgan fingerprint density at radius 2 is 2.07 bits per heavy atom. The highest BCUT2D eigenvalue weighted by molar-refractivity contribution is 5.20. The van der Waals surface area contributed by atoms with E-state index in [0.717, 1.165) is 12.4 Å². The number of benzene rings is 1. The van der Waals surface area contributed by atoms with Gasteiger partial charge in [0.2, 0.25) is 0 Å². The van der Waals surface area contributed by atoms with Crippen LogP contribution >= 0.6 is 0 Å². The van der Waals surface area contributed by atoms with E-state index >= 15 is 0 Å². The van der Waals surface area contributed by atoms with E-state index in [2.05, 4.69) is 13.5 Å². The molecule has 0 bridgehead atoms. The lowest BCUT2D eigenvalue weighted by atomic mass is 10.0. The molecule has 1 rings (SSSR count). The maximum atomic E-state index is 5.68. The summed E-state index contributed by atoms with van der Waals surface area (Å²) in [6, 6.07) is 9.95. The molecule has 1 nitrogen and oxygen atoms in total. The van der Waals surface area contributed by atoms with E-state index in [-0.39, 0.29) is 0 Å². The van der Waals surface area contributed by atoms with Gasteiger partial charge in [-0.05, 0) is 18.6 Å². The number of hydrogen-bond donors (Lipinski definition) is 0. The zero-order valence-electron chi connectivity index (χ0n) is 9.49. The first-order valence-corrected chi connectivity index (χ1v) is 5.67. The Morgan fingerprint density at radius 3 is 2.67 bits per heavy atom. The molecule has 1 heteroatoms. The molecule has 0 aromatic heterocycles. The van der Waals surface area contributed by atoms with E-state index in [9.17, 15) is 0 Å². The molecule has 0 saturated carbocycles. The van der Waals surface area contributed by atoms with Gasteiger partial charge >= 0.3 is 0 Å². The Balaban J connectivity index is 2.31. The quantitative estimate of drug-likeness (QED) is 0.609. The fourth-order valence-corrected chi connectivity index (χ4v) is 1.46. The second-order valence-electron chi connectivity index (χ2n) is 3.76. The maximum Gasteiger partial charge on any atom is 0.119 e. The van der Waals surface area contributed by atoms with Gasteiger partial charge in [0.1, 0.15) is 5.75 Å². The van der Waals surface area contributed by atoms with Crippen LogP contribution in [0.2, 0.25) is 0 Å². The van der Waals surface area contributed by atoms with Crippen molar-refractivity contribution in [1.82, 2.24) is 0 Å². The van der Waals surface area contributed by atoms with Crippen LogP contribution < -0.4 is 4.74 Å². The minimum Gasteiger partial charge on any atom is -0.493 e. The Bertz CT molecular complexity index is 266. The first-order valence-electron chi connectivity index (χ1n) is 5.67. The average Bonchev–Trinajstić information content (AvgIpc) is 2.31. The number of para-hydroxylation sites is 1. The molecule has 15 heavy (non-hydrogen) atoms. The van der Waals surface area contributed by atoms with Gasteiger partial charge in [0, 0.05) is 5.92 Å². The van der Waals surface area contributed by atoms with Crippen molar-refractivity contribution < 1.29 is 4.74 Å². The van der Waals surface area contributed by atoms with Crippen molar-refractivity contribution in [3.8, 4) is 5.75 Å². The predicted molar refractivity (Wildman–Crippen MR) is 65.1 cm³/mol. The van der Waals surface area contributed by atoms with Crippen molar-refractivity contribution in [1.29, 1.82) is 0 Å². The molecule has 0 spiro atoms. The highest BCUT2D eigenvalue weighted by atomic mass is 16.5. The van der Waals surface area contributed by atoms with Crippen LogP contribution in [0, 0.1) is 5.92 Å². The summed E-state index contributed by atoms with van der Waals surface area (Å²) in [4.78, 5) is 0. The van der Waals surface area contributed by atoms with E-state index < -0.39 is 0 Å². The summed E-state index contributed by atoms with van der Waals surface area (Å²) < 4.78 is 5.68. The van der Waals surface area contributed by atoms with Crippen molar-refractivity contribution >= 4 is 0 Å². The van der Waals surface area contributed by atoms with Gasteiger partial charge in [-0.3, -0.25) is 0 Å². The molecule has 0 aliphatic carbocycles. The number of hydrogen-bond acceptors (Lipinski definition) is 1. The SMILES string of the molecule is C=CC(CCCC)COc1ccccc1. The summed E-state index contributed by atoms with van der Waals surface area (Å²) in [5.41, 5.74) is 0. The Kier molecular flexibility index (Phi) is 5.60. The van der Waals surface area contributed by atoms with Crippen molar-refractivity contribution in [2.45, 2.75) is 26.2 Å². The molecule has 1 aromatic carbocycles. The van der Waals surface area contributed by atoms with Crippen molar-refractivity contribution in [3.63, 3.8) is 0 Å². The topological polar surface area (TPSA) is 9.23 Å². The highest BCUT2D eigenvalue weighted by Gasteiger charge is 2.04. The molecular weight excluding hydrogens is 184 g/mol. The molecule has 0 radical (unpaired) electrons. The monoisotopic (exact) mass is 204 g/mol. The fraction of sp³-hybridized carbons (Fsp3) is 0.429. The van der Waals surface area contributed by atoms with Crippen LogP contribution in [0.4, 0.5) is 0 Å². The third-order valence-electron chi connectivity index (χ3n) is 2.47. The number of ether oxygens (including phenoxy) is 1. The molecule has 82 valence electrons. The van der Waals surface area contributed by atoms with E-state index in [4.69, 9.17) is 4.74 Å². The summed E-state index contributed by atoms with van der Waals surface area (Å²) >= 11 is 0. The van der Waals surface area contributed by atoms with Crippen LogP contribution in [0.5, 0.6) is 5.75 Å². The van der Waals surface area contributed by atoms with E-state index in [1.165, 1.54) is 19.3 Å². The zero-order valence-corrected chi connectivity index (χ0v) is 9.49. The van der Waals surface area contributed by atoms with Gasteiger partial charge in [-0.2, -0.15) is 0 Å². The van der Waals surface area contributed by atoms with Crippen molar-refractivity contribution in [3.05, 3.63) is 43.0 Å². The molecule has 0 fully saturated rings. The molecule has 0 heterocycles. The second-order valence-corrected chi connectivity index (χ2v) is 3.76. The molecule has 0 aliphatic rings. The molecule has 0 N–H and O–H groups in total. The van der Waals surface area contributed by atoms with Gasteiger partial charge in [0.05, 0.1) is 6.61 Å². The van der Waals surface area contributed by atoms with Gasteiger partial charge < -0.3 is 4.74 Å².